The van der Waals surface area contributed by atoms with Crippen LogP contribution >= 0.6 is 12.4 Å². The molecule has 0 fully saturated rings. The smallest absolute Gasteiger partial charge is 0.0343 e. The molecule has 0 aliphatic carbocycles. The van der Waals surface area contributed by atoms with Gasteiger partial charge in [0.15, 0.2) is 0 Å². The van der Waals surface area contributed by atoms with E-state index in [0.29, 0.717) is 5.92 Å². The largest absolute Gasteiger partial charge is 0.399 e. The monoisotopic (exact) mass is 185 g/mol. The maximum atomic E-state index is 5.69. The van der Waals surface area contributed by atoms with Crippen LogP contribution in [0.1, 0.15) is 30.9 Å². The Balaban J connectivity index is 0.00000121. The first kappa shape index (κ1) is 11.3. The lowest BCUT2D eigenvalue weighted by Gasteiger charge is -2.07. The highest BCUT2D eigenvalue weighted by Gasteiger charge is 1.99. The summed E-state index contributed by atoms with van der Waals surface area (Å²) in [6, 6.07) is 6.22. The molecule has 2 N–H and O–H groups in total. The van der Waals surface area contributed by atoms with Gasteiger partial charge < -0.3 is 5.73 Å². The Morgan fingerprint density at radius 2 is 1.83 bits per heavy atom. The van der Waals surface area contributed by atoms with Gasteiger partial charge in [-0.05, 0) is 30.0 Å². The van der Waals surface area contributed by atoms with Gasteiger partial charge in [0.1, 0.15) is 0 Å². The van der Waals surface area contributed by atoms with Crippen LogP contribution in [0.3, 0.4) is 0 Å². The van der Waals surface area contributed by atoms with Crippen molar-refractivity contribution in [1.82, 2.24) is 0 Å². The van der Waals surface area contributed by atoms with Crippen LogP contribution in [0.4, 0.5) is 5.69 Å². The number of hydrogen-bond donors (Lipinski definition) is 1. The summed E-state index contributed by atoms with van der Waals surface area (Å²) in [5, 5.41) is 0. The highest BCUT2D eigenvalue weighted by atomic mass is 35.5. The predicted octanol–water partition coefficient (Wildman–Crippen LogP) is 3.12. The standard InChI is InChI=1S/C10H15N.ClH/c1-7(2)9-4-5-10(11)8(3)6-9;/h4-7H,11H2,1-3H3;1H. The fourth-order valence-corrected chi connectivity index (χ4v) is 1.06. The van der Waals surface area contributed by atoms with Gasteiger partial charge in [-0.25, -0.2) is 0 Å². The molecule has 1 rings (SSSR count). The van der Waals surface area contributed by atoms with Crippen molar-refractivity contribution in [2.45, 2.75) is 26.7 Å². The Bertz CT molecular complexity index is 256. The minimum Gasteiger partial charge on any atom is -0.399 e. The van der Waals surface area contributed by atoms with Gasteiger partial charge in [0, 0.05) is 5.69 Å². The zero-order valence-electron chi connectivity index (χ0n) is 7.79. The average molecular weight is 186 g/mol. The topological polar surface area (TPSA) is 26.0 Å². The number of nitrogens with two attached hydrogens (primary N) is 1. The van der Waals surface area contributed by atoms with Crippen molar-refractivity contribution >= 4 is 18.1 Å². The van der Waals surface area contributed by atoms with E-state index < -0.39 is 0 Å². The van der Waals surface area contributed by atoms with Gasteiger partial charge in [-0.15, -0.1) is 12.4 Å². The van der Waals surface area contributed by atoms with Gasteiger partial charge in [-0.1, -0.05) is 26.0 Å². The minimum atomic E-state index is 0. The molecule has 0 saturated heterocycles. The Morgan fingerprint density at radius 1 is 1.25 bits per heavy atom. The van der Waals surface area contributed by atoms with E-state index >= 15 is 0 Å². The Morgan fingerprint density at radius 3 is 2.25 bits per heavy atom. The summed E-state index contributed by atoms with van der Waals surface area (Å²) in [5.74, 6) is 0.592. The summed E-state index contributed by atoms with van der Waals surface area (Å²) in [4.78, 5) is 0. The van der Waals surface area contributed by atoms with E-state index in [2.05, 4.69) is 26.0 Å². The molecule has 0 amide bonds. The van der Waals surface area contributed by atoms with Crippen LogP contribution in [0.15, 0.2) is 18.2 Å². The van der Waals surface area contributed by atoms with E-state index in [-0.39, 0.29) is 12.4 Å². The normalized spacial score (nSPS) is 9.67. The Hall–Kier alpha value is -0.690. The summed E-state index contributed by atoms with van der Waals surface area (Å²) in [5.41, 5.74) is 9.11. The first-order valence-corrected chi connectivity index (χ1v) is 3.97. The van der Waals surface area contributed by atoms with Crippen LogP contribution in [0.5, 0.6) is 0 Å². The van der Waals surface area contributed by atoms with Crippen LogP contribution in [0, 0.1) is 6.92 Å². The Labute approximate surface area is 80.4 Å². The van der Waals surface area contributed by atoms with E-state index in [1.165, 1.54) is 11.1 Å². The minimum absolute atomic E-state index is 0. The van der Waals surface area contributed by atoms with Crippen molar-refractivity contribution in [3.05, 3.63) is 29.3 Å². The molecule has 0 radical (unpaired) electrons. The Kier molecular flexibility index (Phi) is 4.11. The van der Waals surface area contributed by atoms with E-state index in [0.717, 1.165) is 5.69 Å². The van der Waals surface area contributed by atoms with Crippen molar-refractivity contribution in [3.63, 3.8) is 0 Å². The van der Waals surface area contributed by atoms with Crippen LogP contribution in [-0.4, -0.2) is 0 Å². The zero-order chi connectivity index (χ0) is 8.43. The number of halogens is 1. The second-order valence-electron chi connectivity index (χ2n) is 3.27. The molecule has 0 saturated carbocycles. The quantitative estimate of drug-likeness (QED) is 0.669. The van der Waals surface area contributed by atoms with Crippen LogP contribution in [-0.2, 0) is 0 Å². The van der Waals surface area contributed by atoms with Crippen molar-refractivity contribution in [3.8, 4) is 0 Å². The molecular formula is C10H16ClN. The third-order valence-electron chi connectivity index (χ3n) is 1.96. The second-order valence-corrected chi connectivity index (χ2v) is 3.27. The molecule has 0 atom stereocenters. The number of aryl methyl sites for hydroxylation is 1. The highest BCUT2D eigenvalue weighted by Crippen LogP contribution is 2.19. The molecule has 2 heteroatoms. The first-order chi connectivity index (χ1) is 5.11. The average Bonchev–Trinajstić information content (AvgIpc) is 1.94. The molecule has 0 bridgehead atoms. The van der Waals surface area contributed by atoms with Crippen molar-refractivity contribution in [2.24, 2.45) is 0 Å². The molecule has 68 valence electrons. The summed E-state index contributed by atoms with van der Waals surface area (Å²) >= 11 is 0. The number of nitrogen functional groups attached to an aromatic ring is 1. The molecule has 0 aromatic heterocycles. The van der Waals surface area contributed by atoms with Crippen LogP contribution in [0.2, 0.25) is 0 Å². The molecule has 1 nitrogen and oxygen atoms in total. The van der Waals surface area contributed by atoms with E-state index in [1.54, 1.807) is 0 Å². The molecule has 1 aromatic rings. The SMILES string of the molecule is Cc1cc(C(C)C)ccc1N.Cl. The molecule has 0 heterocycles. The van der Waals surface area contributed by atoms with Crippen molar-refractivity contribution in [1.29, 1.82) is 0 Å². The van der Waals surface area contributed by atoms with Gasteiger partial charge in [-0.2, -0.15) is 0 Å². The fourth-order valence-electron chi connectivity index (χ4n) is 1.06. The second kappa shape index (κ2) is 4.36. The van der Waals surface area contributed by atoms with Gasteiger partial charge in [0.2, 0.25) is 0 Å². The summed E-state index contributed by atoms with van der Waals surface area (Å²) in [7, 11) is 0. The molecule has 1 aromatic carbocycles. The van der Waals surface area contributed by atoms with Crippen LogP contribution < -0.4 is 5.73 Å². The van der Waals surface area contributed by atoms with Gasteiger partial charge in [0.05, 0.1) is 0 Å². The summed E-state index contributed by atoms with van der Waals surface area (Å²) < 4.78 is 0. The van der Waals surface area contributed by atoms with E-state index in [9.17, 15) is 0 Å². The lowest BCUT2D eigenvalue weighted by atomic mass is 10.0. The summed E-state index contributed by atoms with van der Waals surface area (Å²) in [6.45, 7) is 6.41. The van der Waals surface area contributed by atoms with Crippen molar-refractivity contribution in [2.75, 3.05) is 5.73 Å². The number of rotatable bonds is 1. The van der Waals surface area contributed by atoms with Gasteiger partial charge >= 0.3 is 0 Å². The molecule has 0 aliphatic rings. The lowest BCUT2D eigenvalue weighted by molar-refractivity contribution is 0.865. The number of benzene rings is 1. The predicted molar refractivity (Wildman–Crippen MR) is 56.9 cm³/mol. The third kappa shape index (κ3) is 2.42. The highest BCUT2D eigenvalue weighted by molar-refractivity contribution is 5.85. The number of hydrogen-bond acceptors (Lipinski definition) is 1. The molecular weight excluding hydrogens is 170 g/mol. The maximum absolute atomic E-state index is 5.69. The van der Waals surface area contributed by atoms with E-state index in [4.69, 9.17) is 5.73 Å². The molecule has 0 spiro atoms. The van der Waals surface area contributed by atoms with Gasteiger partial charge in [0.25, 0.3) is 0 Å². The van der Waals surface area contributed by atoms with E-state index in [1.807, 2.05) is 13.0 Å². The first-order valence-electron chi connectivity index (χ1n) is 3.97. The third-order valence-corrected chi connectivity index (χ3v) is 1.96. The zero-order valence-corrected chi connectivity index (χ0v) is 8.61. The lowest BCUT2D eigenvalue weighted by Crippen LogP contribution is -1.92. The molecule has 12 heavy (non-hydrogen) atoms. The molecule has 0 aliphatic heterocycles. The van der Waals surface area contributed by atoms with Crippen molar-refractivity contribution < 1.29 is 0 Å². The van der Waals surface area contributed by atoms with Gasteiger partial charge in [-0.3, -0.25) is 0 Å². The maximum Gasteiger partial charge on any atom is 0.0343 e. The summed E-state index contributed by atoms with van der Waals surface area (Å²) in [6.07, 6.45) is 0. The van der Waals surface area contributed by atoms with Crippen LogP contribution in [0.25, 0.3) is 0 Å². The molecule has 0 unspecified atom stereocenters. The number of anilines is 1. The fraction of sp³-hybridized carbons (Fsp3) is 0.400.